The number of aromatic nitrogens is 2. The second-order valence-corrected chi connectivity index (χ2v) is 6.90. The van der Waals surface area contributed by atoms with Crippen LogP contribution in [0.3, 0.4) is 0 Å². The fourth-order valence-corrected chi connectivity index (χ4v) is 3.06. The summed E-state index contributed by atoms with van der Waals surface area (Å²) >= 11 is 0. The Kier molecular flexibility index (Phi) is 3.84. The summed E-state index contributed by atoms with van der Waals surface area (Å²) < 4.78 is 5.30. The molecule has 1 saturated carbocycles. The molecule has 2 fully saturated rings. The Morgan fingerprint density at radius 1 is 1.33 bits per heavy atom. The van der Waals surface area contributed by atoms with Gasteiger partial charge in [-0.1, -0.05) is 24.2 Å². The first-order valence-electron chi connectivity index (χ1n) is 8.53. The molecule has 24 heavy (non-hydrogen) atoms. The molecule has 0 spiro atoms. The molecule has 1 aliphatic carbocycles. The first-order valence-corrected chi connectivity index (χ1v) is 8.53. The topological polar surface area (TPSA) is 79.5 Å². The van der Waals surface area contributed by atoms with E-state index in [4.69, 9.17) is 4.52 Å². The molecule has 2 aliphatic rings. The summed E-state index contributed by atoms with van der Waals surface area (Å²) in [4.78, 5) is 18.9. The van der Waals surface area contributed by atoms with Gasteiger partial charge >= 0.3 is 0 Å². The van der Waals surface area contributed by atoms with Gasteiger partial charge in [0.15, 0.2) is 0 Å². The van der Waals surface area contributed by atoms with Crippen LogP contribution in [0, 0.1) is 5.92 Å². The summed E-state index contributed by atoms with van der Waals surface area (Å²) in [5.41, 5.74) is 1.37. The van der Waals surface area contributed by atoms with Crippen molar-refractivity contribution < 1.29 is 14.4 Å². The van der Waals surface area contributed by atoms with E-state index in [1.165, 1.54) is 0 Å². The third kappa shape index (κ3) is 2.94. The van der Waals surface area contributed by atoms with Crippen molar-refractivity contribution in [1.82, 2.24) is 15.0 Å². The number of carbonyl (C=O) groups excluding carboxylic acids is 1. The van der Waals surface area contributed by atoms with E-state index in [1.807, 2.05) is 19.1 Å². The summed E-state index contributed by atoms with van der Waals surface area (Å²) in [6, 6.07) is 7.30. The van der Waals surface area contributed by atoms with Crippen LogP contribution in [0.4, 0.5) is 0 Å². The van der Waals surface area contributed by atoms with E-state index in [2.05, 4.69) is 10.1 Å². The molecule has 2 heterocycles. The number of aliphatic hydroxyl groups excluding tert-OH is 1. The minimum atomic E-state index is -0.454. The molecule has 2 atom stereocenters. The second-order valence-electron chi connectivity index (χ2n) is 6.90. The molecule has 0 radical (unpaired) electrons. The average molecular weight is 327 g/mol. The number of hydrogen-bond acceptors (Lipinski definition) is 5. The summed E-state index contributed by atoms with van der Waals surface area (Å²) in [5.74, 6) is 1.80. The zero-order valence-corrected chi connectivity index (χ0v) is 13.7. The van der Waals surface area contributed by atoms with Gasteiger partial charge in [-0.05, 0) is 37.3 Å². The molecule has 1 saturated heterocycles. The van der Waals surface area contributed by atoms with E-state index in [1.54, 1.807) is 17.0 Å². The van der Waals surface area contributed by atoms with Gasteiger partial charge in [-0.2, -0.15) is 4.98 Å². The normalized spacial score (nSPS) is 24.2. The van der Waals surface area contributed by atoms with Gasteiger partial charge in [-0.25, -0.2) is 0 Å². The lowest BCUT2D eigenvalue weighted by molar-refractivity contribution is 0.0248. The number of benzene rings is 1. The monoisotopic (exact) mass is 327 g/mol. The molecule has 1 aliphatic heterocycles. The molecular weight excluding hydrogens is 306 g/mol. The SMILES string of the molecule is CC1CCN(C(=O)c2cccc(-c3noc(C4CC4)n3)c2)CC1O. The number of β-amino-alcohol motifs (C(OH)–C–C–N with tert-alkyl or cyclic N) is 1. The van der Waals surface area contributed by atoms with Gasteiger partial charge in [-0.15, -0.1) is 0 Å². The maximum Gasteiger partial charge on any atom is 0.253 e. The predicted octanol–water partition coefficient (Wildman–Crippen LogP) is 2.46. The number of nitrogens with zero attached hydrogens (tertiary/aromatic N) is 3. The summed E-state index contributed by atoms with van der Waals surface area (Å²) in [6.07, 6.45) is 2.58. The highest BCUT2D eigenvalue weighted by atomic mass is 16.5. The van der Waals surface area contributed by atoms with Crippen LogP contribution in [0.15, 0.2) is 28.8 Å². The number of hydrogen-bond donors (Lipinski definition) is 1. The molecule has 1 aromatic carbocycles. The van der Waals surface area contributed by atoms with Crippen molar-refractivity contribution in [1.29, 1.82) is 0 Å². The Labute approximate surface area is 140 Å². The van der Waals surface area contributed by atoms with Crippen LogP contribution in [0.1, 0.15) is 48.4 Å². The lowest BCUT2D eigenvalue weighted by Crippen LogP contribution is -2.45. The number of piperidine rings is 1. The van der Waals surface area contributed by atoms with Crippen molar-refractivity contribution >= 4 is 5.91 Å². The van der Waals surface area contributed by atoms with Crippen molar-refractivity contribution in [2.75, 3.05) is 13.1 Å². The number of likely N-dealkylation sites (tertiary alicyclic amines) is 1. The Balaban J connectivity index is 1.54. The van der Waals surface area contributed by atoms with Gasteiger partial charge in [0.1, 0.15) is 0 Å². The molecule has 1 aromatic heterocycles. The van der Waals surface area contributed by atoms with E-state index in [0.717, 1.165) is 24.8 Å². The van der Waals surface area contributed by atoms with Crippen LogP contribution in [-0.2, 0) is 0 Å². The molecule has 126 valence electrons. The van der Waals surface area contributed by atoms with Crippen molar-refractivity contribution in [2.24, 2.45) is 5.92 Å². The third-order valence-corrected chi connectivity index (χ3v) is 4.94. The smallest absolute Gasteiger partial charge is 0.253 e. The fourth-order valence-electron chi connectivity index (χ4n) is 3.06. The molecule has 2 aromatic rings. The fraction of sp³-hybridized carbons (Fsp3) is 0.500. The predicted molar refractivity (Wildman–Crippen MR) is 87.4 cm³/mol. The minimum absolute atomic E-state index is 0.0614. The van der Waals surface area contributed by atoms with Crippen molar-refractivity contribution in [3.63, 3.8) is 0 Å². The van der Waals surface area contributed by atoms with E-state index in [-0.39, 0.29) is 11.8 Å². The van der Waals surface area contributed by atoms with Crippen molar-refractivity contribution in [3.8, 4) is 11.4 Å². The third-order valence-electron chi connectivity index (χ3n) is 4.94. The zero-order chi connectivity index (χ0) is 16.7. The molecule has 1 amide bonds. The highest BCUT2D eigenvalue weighted by Crippen LogP contribution is 2.39. The number of amides is 1. The van der Waals surface area contributed by atoms with E-state index >= 15 is 0 Å². The molecule has 4 rings (SSSR count). The van der Waals surface area contributed by atoms with Crippen LogP contribution in [0.25, 0.3) is 11.4 Å². The quantitative estimate of drug-likeness (QED) is 0.937. The highest BCUT2D eigenvalue weighted by Gasteiger charge is 2.30. The maximum absolute atomic E-state index is 12.7. The Bertz CT molecular complexity index is 753. The van der Waals surface area contributed by atoms with Gasteiger partial charge in [0.25, 0.3) is 5.91 Å². The maximum atomic E-state index is 12.7. The van der Waals surface area contributed by atoms with Gasteiger partial charge < -0.3 is 14.5 Å². The summed E-state index contributed by atoms with van der Waals surface area (Å²) in [6.45, 7) is 3.08. The van der Waals surface area contributed by atoms with Crippen LogP contribution in [-0.4, -0.2) is 45.2 Å². The zero-order valence-electron chi connectivity index (χ0n) is 13.7. The van der Waals surface area contributed by atoms with Gasteiger partial charge in [0, 0.05) is 30.1 Å². The van der Waals surface area contributed by atoms with Crippen LogP contribution >= 0.6 is 0 Å². The Morgan fingerprint density at radius 2 is 2.17 bits per heavy atom. The summed E-state index contributed by atoms with van der Waals surface area (Å²) in [5, 5.41) is 14.0. The minimum Gasteiger partial charge on any atom is -0.391 e. The number of carbonyl (C=O) groups is 1. The van der Waals surface area contributed by atoms with Crippen LogP contribution < -0.4 is 0 Å². The highest BCUT2D eigenvalue weighted by molar-refractivity contribution is 5.95. The van der Waals surface area contributed by atoms with Gasteiger partial charge in [-0.3, -0.25) is 4.79 Å². The first kappa shape index (κ1) is 15.3. The van der Waals surface area contributed by atoms with E-state index in [9.17, 15) is 9.90 Å². The van der Waals surface area contributed by atoms with E-state index in [0.29, 0.717) is 36.3 Å². The summed E-state index contributed by atoms with van der Waals surface area (Å²) in [7, 11) is 0. The van der Waals surface area contributed by atoms with Gasteiger partial charge in [0.2, 0.25) is 11.7 Å². The standard InChI is InChI=1S/C18H21N3O3/c1-11-7-8-21(10-15(11)22)18(23)14-4-2-3-13(9-14)16-19-17(24-20-16)12-5-6-12/h2-4,9,11-12,15,22H,5-8,10H2,1H3. The second kappa shape index (κ2) is 6.02. The first-order chi connectivity index (χ1) is 11.6. The van der Waals surface area contributed by atoms with Crippen LogP contribution in [0.5, 0.6) is 0 Å². The largest absolute Gasteiger partial charge is 0.391 e. The van der Waals surface area contributed by atoms with E-state index < -0.39 is 6.10 Å². The molecule has 6 heteroatoms. The molecule has 6 nitrogen and oxygen atoms in total. The molecular formula is C18H21N3O3. The van der Waals surface area contributed by atoms with Crippen molar-refractivity contribution in [2.45, 2.75) is 38.2 Å². The molecule has 2 unspecified atom stereocenters. The number of rotatable bonds is 3. The Morgan fingerprint density at radius 3 is 2.92 bits per heavy atom. The molecule has 0 bridgehead atoms. The lowest BCUT2D eigenvalue weighted by Gasteiger charge is -2.34. The number of aliphatic hydroxyl groups is 1. The van der Waals surface area contributed by atoms with Crippen molar-refractivity contribution in [3.05, 3.63) is 35.7 Å². The Hall–Kier alpha value is -2.21. The van der Waals surface area contributed by atoms with Gasteiger partial charge in [0.05, 0.1) is 6.10 Å². The van der Waals surface area contributed by atoms with Crippen LogP contribution in [0.2, 0.25) is 0 Å². The molecule has 1 N–H and O–H groups in total. The average Bonchev–Trinajstić information content (AvgIpc) is 3.34. The lowest BCUT2D eigenvalue weighted by atomic mass is 9.95.